The number of aromatic amines is 1. The molecule has 1 aliphatic rings. The number of H-pyrrole nitrogens is 1. The summed E-state index contributed by atoms with van der Waals surface area (Å²) in [6.45, 7) is 8.74. The van der Waals surface area contributed by atoms with Crippen LogP contribution in [-0.2, 0) is 9.53 Å². The number of urea groups is 1. The number of hydrogen-bond donors (Lipinski definition) is 4. The largest absolute Gasteiger partial charge is 0.465 e. The van der Waals surface area contributed by atoms with Crippen LogP contribution in [0.2, 0.25) is 0 Å². The van der Waals surface area contributed by atoms with Gasteiger partial charge in [0.15, 0.2) is 0 Å². The molecule has 0 aliphatic carbocycles. The second-order valence-corrected chi connectivity index (χ2v) is 11.0. The number of amides is 3. The number of benzene rings is 2. The van der Waals surface area contributed by atoms with Gasteiger partial charge in [0, 0.05) is 63.4 Å². The predicted molar refractivity (Wildman–Crippen MR) is 176 cm³/mol. The summed E-state index contributed by atoms with van der Waals surface area (Å²) in [5.74, 6) is 0.163. The van der Waals surface area contributed by atoms with Crippen LogP contribution < -0.4 is 20.7 Å². The van der Waals surface area contributed by atoms with Gasteiger partial charge in [-0.1, -0.05) is 6.07 Å². The molecule has 1 saturated heterocycles. The third-order valence-corrected chi connectivity index (χ3v) is 7.51. The summed E-state index contributed by atoms with van der Waals surface area (Å²) in [5.41, 5.74) is 3.18. The number of rotatable bonds is 12. The first kappa shape index (κ1) is 33.1. The Balaban J connectivity index is 1.07. The van der Waals surface area contributed by atoms with Crippen LogP contribution in [-0.4, -0.2) is 90.1 Å². The highest BCUT2D eigenvalue weighted by atomic mass is 19.1. The summed E-state index contributed by atoms with van der Waals surface area (Å²) < 4.78 is 25.0. The zero-order chi connectivity index (χ0) is 33.2. The van der Waals surface area contributed by atoms with Gasteiger partial charge in [0.1, 0.15) is 17.3 Å². The number of carbonyl (C=O) groups excluding carboxylic acids is 3. The maximum absolute atomic E-state index is 14.0. The molecule has 0 unspecified atom stereocenters. The summed E-state index contributed by atoms with van der Waals surface area (Å²) in [6.07, 6.45) is 3.26. The van der Waals surface area contributed by atoms with Gasteiger partial charge in [-0.05, 0) is 67.9 Å². The van der Waals surface area contributed by atoms with E-state index in [2.05, 4.69) is 35.7 Å². The highest BCUT2D eigenvalue weighted by Crippen LogP contribution is 2.27. The van der Waals surface area contributed by atoms with Crippen molar-refractivity contribution in [3.05, 3.63) is 90.0 Å². The molecular weight excluding hydrogens is 605 g/mol. The van der Waals surface area contributed by atoms with E-state index in [1.165, 1.54) is 6.07 Å². The van der Waals surface area contributed by atoms with E-state index in [1.54, 1.807) is 73.9 Å². The Morgan fingerprint density at radius 1 is 0.936 bits per heavy atom. The van der Waals surface area contributed by atoms with Crippen molar-refractivity contribution in [3.8, 4) is 22.9 Å². The summed E-state index contributed by atoms with van der Waals surface area (Å²) in [7, 11) is 0. The number of ether oxygens (including phenoxy) is 2. The standard InChI is InChI=1S/C34H38FN7O5/c1-3-46-32(43)22-42-16-14-41(15-17-42)13-12-37-33(44)24-19-30(38-21-24)31-20-27(10-11-36-31)47-26-7-5-25(6-8-26)39-34(45)40-29-18-23(2)4-9-28(29)35/h4-11,18-21,38H,3,12-17,22H2,1-2H3,(H,37,44)(H2,39,40,45). The maximum atomic E-state index is 14.0. The van der Waals surface area contributed by atoms with Gasteiger partial charge in [-0.25, -0.2) is 9.18 Å². The van der Waals surface area contributed by atoms with Crippen molar-refractivity contribution < 1.29 is 28.2 Å². The minimum absolute atomic E-state index is 0.0984. The maximum Gasteiger partial charge on any atom is 0.323 e. The minimum atomic E-state index is -0.566. The van der Waals surface area contributed by atoms with Gasteiger partial charge in [-0.3, -0.25) is 24.4 Å². The lowest BCUT2D eigenvalue weighted by Crippen LogP contribution is -2.49. The van der Waals surface area contributed by atoms with E-state index in [-0.39, 0.29) is 17.6 Å². The number of anilines is 2. The average molecular weight is 644 g/mol. The van der Waals surface area contributed by atoms with E-state index < -0.39 is 11.8 Å². The van der Waals surface area contributed by atoms with Gasteiger partial charge >= 0.3 is 12.0 Å². The van der Waals surface area contributed by atoms with Crippen molar-refractivity contribution in [2.45, 2.75) is 13.8 Å². The molecule has 0 radical (unpaired) electrons. The van der Waals surface area contributed by atoms with Gasteiger partial charge in [-0.15, -0.1) is 0 Å². The molecule has 12 nitrogen and oxygen atoms in total. The molecule has 0 spiro atoms. The highest BCUT2D eigenvalue weighted by molar-refractivity contribution is 6.00. The van der Waals surface area contributed by atoms with Crippen molar-refractivity contribution in [1.82, 2.24) is 25.1 Å². The highest BCUT2D eigenvalue weighted by Gasteiger charge is 2.19. The Kier molecular flexibility index (Phi) is 11.1. The monoisotopic (exact) mass is 643 g/mol. The Morgan fingerprint density at radius 2 is 1.70 bits per heavy atom. The fourth-order valence-corrected chi connectivity index (χ4v) is 5.05. The molecule has 47 heavy (non-hydrogen) atoms. The molecule has 246 valence electrons. The van der Waals surface area contributed by atoms with E-state index in [1.807, 2.05) is 6.92 Å². The molecule has 0 saturated carbocycles. The van der Waals surface area contributed by atoms with Crippen LogP contribution in [0.4, 0.5) is 20.6 Å². The van der Waals surface area contributed by atoms with E-state index >= 15 is 0 Å². The minimum Gasteiger partial charge on any atom is -0.465 e. The summed E-state index contributed by atoms with van der Waals surface area (Å²) in [6, 6.07) is 15.9. The first-order valence-electron chi connectivity index (χ1n) is 15.4. The van der Waals surface area contributed by atoms with Gasteiger partial charge in [-0.2, -0.15) is 0 Å². The first-order chi connectivity index (χ1) is 22.7. The van der Waals surface area contributed by atoms with E-state index in [0.29, 0.717) is 53.8 Å². The molecule has 1 fully saturated rings. The van der Waals surface area contributed by atoms with E-state index in [0.717, 1.165) is 38.3 Å². The lowest BCUT2D eigenvalue weighted by atomic mass is 10.2. The number of nitrogens with zero attached hydrogens (tertiary/aromatic N) is 3. The van der Waals surface area contributed by atoms with Crippen LogP contribution in [0.3, 0.4) is 0 Å². The quantitative estimate of drug-likeness (QED) is 0.160. The third-order valence-electron chi connectivity index (χ3n) is 7.51. The van der Waals surface area contributed by atoms with Gasteiger partial charge in [0.25, 0.3) is 5.91 Å². The molecule has 1 aliphatic heterocycles. The molecule has 3 heterocycles. The first-order valence-corrected chi connectivity index (χ1v) is 15.4. The molecule has 3 amide bonds. The van der Waals surface area contributed by atoms with E-state index in [9.17, 15) is 18.8 Å². The molecular formula is C34H38FN7O5. The number of pyridine rings is 1. The fourth-order valence-electron chi connectivity index (χ4n) is 5.05. The van der Waals surface area contributed by atoms with Crippen LogP contribution in [0.1, 0.15) is 22.8 Å². The Bertz CT molecular complexity index is 1690. The van der Waals surface area contributed by atoms with Crippen molar-refractivity contribution in [1.29, 1.82) is 0 Å². The Labute approximate surface area is 272 Å². The summed E-state index contributed by atoms with van der Waals surface area (Å²) in [4.78, 5) is 48.7. The smallest absolute Gasteiger partial charge is 0.323 e. The molecule has 2 aromatic carbocycles. The Hall–Kier alpha value is -5.27. The van der Waals surface area contributed by atoms with Crippen molar-refractivity contribution >= 4 is 29.3 Å². The van der Waals surface area contributed by atoms with Gasteiger partial charge in [0.05, 0.1) is 35.8 Å². The number of hydrogen-bond acceptors (Lipinski definition) is 8. The van der Waals surface area contributed by atoms with Crippen LogP contribution in [0, 0.1) is 12.7 Å². The molecule has 0 atom stereocenters. The average Bonchev–Trinajstić information content (AvgIpc) is 3.56. The lowest BCUT2D eigenvalue weighted by molar-refractivity contribution is -0.144. The molecule has 13 heteroatoms. The normalized spacial score (nSPS) is 13.5. The van der Waals surface area contributed by atoms with Crippen molar-refractivity contribution in [3.63, 3.8) is 0 Å². The van der Waals surface area contributed by atoms with Gasteiger partial charge in [0.2, 0.25) is 0 Å². The van der Waals surface area contributed by atoms with Crippen molar-refractivity contribution in [2.24, 2.45) is 0 Å². The number of carbonyl (C=O) groups is 3. The number of aromatic nitrogens is 2. The number of nitrogens with one attached hydrogen (secondary N) is 4. The fraction of sp³-hybridized carbons (Fsp3) is 0.294. The number of halogens is 1. The SMILES string of the molecule is CCOC(=O)CN1CCN(CCNC(=O)c2c[nH]c(-c3cc(Oc4ccc(NC(=O)Nc5cc(C)ccc5F)cc4)ccn3)c2)CC1. The number of esters is 1. The Morgan fingerprint density at radius 3 is 2.47 bits per heavy atom. The third kappa shape index (κ3) is 9.61. The van der Waals surface area contributed by atoms with Gasteiger partial charge < -0.3 is 30.4 Å². The summed E-state index contributed by atoms with van der Waals surface area (Å²) >= 11 is 0. The molecule has 4 N–H and O–H groups in total. The second kappa shape index (κ2) is 15.8. The van der Waals surface area contributed by atoms with E-state index in [4.69, 9.17) is 9.47 Å². The zero-order valence-corrected chi connectivity index (χ0v) is 26.3. The molecule has 2 aromatic heterocycles. The lowest BCUT2D eigenvalue weighted by Gasteiger charge is -2.34. The van der Waals surface area contributed by atoms with Crippen LogP contribution in [0.15, 0.2) is 73.1 Å². The molecule has 4 aromatic rings. The van der Waals surface area contributed by atoms with Crippen LogP contribution in [0.5, 0.6) is 11.5 Å². The topological polar surface area (TPSA) is 141 Å². The number of piperazine rings is 1. The zero-order valence-electron chi connectivity index (χ0n) is 26.3. The summed E-state index contributed by atoms with van der Waals surface area (Å²) in [5, 5.41) is 8.15. The molecule has 5 rings (SSSR count). The van der Waals surface area contributed by atoms with Crippen molar-refractivity contribution in [2.75, 3.05) is 63.1 Å². The number of aryl methyl sites for hydroxylation is 1. The predicted octanol–water partition coefficient (Wildman–Crippen LogP) is 4.87. The second-order valence-electron chi connectivity index (χ2n) is 11.0. The molecule has 0 bridgehead atoms. The van der Waals surface area contributed by atoms with Crippen LogP contribution in [0.25, 0.3) is 11.4 Å². The van der Waals surface area contributed by atoms with Crippen LogP contribution >= 0.6 is 0 Å².